The molecule has 0 saturated carbocycles. The highest BCUT2D eigenvalue weighted by Gasteiger charge is 2.33. The zero-order chi connectivity index (χ0) is 13.2. The Hall–Kier alpha value is -1.26. The Morgan fingerprint density at radius 3 is 2.74 bits per heavy atom. The molecular formula is C15H21NO3. The van der Waals surface area contributed by atoms with Crippen molar-refractivity contribution >= 4 is 0 Å². The summed E-state index contributed by atoms with van der Waals surface area (Å²) < 4.78 is 11.3. The van der Waals surface area contributed by atoms with Crippen molar-refractivity contribution in [3.8, 4) is 11.5 Å². The Balaban J connectivity index is 1.67. The van der Waals surface area contributed by atoms with Crippen molar-refractivity contribution in [2.24, 2.45) is 0 Å². The zero-order valence-corrected chi connectivity index (χ0v) is 11.3. The van der Waals surface area contributed by atoms with Gasteiger partial charge in [0.05, 0.1) is 18.8 Å². The van der Waals surface area contributed by atoms with Crippen LogP contribution in [-0.4, -0.2) is 41.9 Å². The molecule has 1 N–H and O–H groups in total. The smallest absolute Gasteiger partial charge is 0.161 e. The van der Waals surface area contributed by atoms with Crippen LogP contribution in [0.3, 0.4) is 0 Å². The number of aromatic hydroxyl groups is 1. The quantitative estimate of drug-likeness (QED) is 0.904. The molecule has 0 spiro atoms. The van der Waals surface area contributed by atoms with Gasteiger partial charge < -0.3 is 14.6 Å². The number of morpholine rings is 1. The predicted molar refractivity (Wildman–Crippen MR) is 72.4 cm³/mol. The van der Waals surface area contributed by atoms with Crippen molar-refractivity contribution in [3.05, 3.63) is 23.8 Å². The number of fused-ring (bicyclic) bond motifs is 2. The molecule has 104 valence electrons. The number of phenols is 1. The average Bonchev–Trinajstić information content (AvgIpc) is 2.73. The third-order valence-corrected chi connectivity index (χ3v) is 3.85. The van der Waals surface area contributed by atoms with Crippen molar-refractivity contribution in [3.63, 3.8) is 0 Å². The molecule has 2 heterocycles. The van der Waals surface area contributed by atoms with Crippen molar-refractivity contribution in [2.75, 3.05) is 19.7 Å². The highest BCUT2D eigenvalue weighted by molar-refractivity contribution is 5.41. The molecule has 4 nitrogen and oxygen atoms in total. The fourth-order valence-electron chi connectivity index (χ4n) is 3.01. The van der Waals surface area contributed by atoms with Crippen LogP contribution < -0.4 is 4.74 Å². The Labute approximate surface area is 113 Å². The first-order valence-electron chi connectivity index (χ1n) is 7.07. The van der Waals surface area contributed by atoms with E-state index in [2.05, 4.69) is 4.90 Å². The maximum atomic E-state index is 9.71. The minimum atomic E-state index is 0.215. The van der Waals surface area contributed by atoms with Gasteiger partial charge in [0.2, 0.25) is 0 Å². The van der Waals surface area contributed by atoms with E-state index >= 15 is 0 Å². The lowest BCUT2D eigenvalue weighted by Crippen LogP contribution is -2.41. The average molecular weight is 263 g/mol. The van der Waals surface area contributed by atoms with Crippen molar-refractivity contribution in [1.82, 2.24) is 4.90 Å². The van der Waals surface area contributed by atoms with Gasteiger partial charge in [0.25, 0.3) is 0 Å². The minimum Gasteiger partial charge on any atom is -0.504 e. The van der Waals surface area contributed by atoms with Gasteiger partial charge in [-0.3, -0.25) is 4.90 Å². The predicted octanol–water partition coefficient (Wildman–Crippen LogP) is 2.15. The van der Waals surface area contributed by atoms with Crippen LogP contribution in [-0.2, 0) is 11.3 Å². The van der Waals surface area contributed by atoms with Crippen molar-refractivity contribution in [1.29, 1.82) is 0 Å². The summed E-state index contributed by atoms with van der Waals surface area (Å²) in [5.74, 6) is 0.795. The summed E-state index contributed by atoms with van der Waals surface area (Å²) in [6.07, 6.45) is 3.23. The van der Waals surface area contributed by atoms with Gasteiger partial charge in [0, 0.05) is 19.6 Å². The van der Waals surface area contributed by atoms with Crippen LogP contribution >= 0.6 is 0 Å². The fourth-order valence-corrected chi connectivity index (χ4v) is 3.01. The van der Waals surface area contributed by atoms with Gasteiger partial charge in [-0.1, -0.05) is 6.07 Å². The molecule has 2 saturated heterocycles. The molecule has 0 aromatic heterocycles. The number of phenolic OH excluding ortho intramolecular Hbond substituents is 1. The van der Waals surface area contributed by atoms with Crippen LogP contribution in [0.15, 0.2) is 18.2 Å². The molecule has 3 rings (SSSR count). The molecule has 1 aromatic carbocycles. The molecule has 2 atom stereocenters. The molecule has 2 aliphatic heterocycles. The molecule has 0 amide bonds. The summed E-state index contributed by atoms with van der Waals surface area (Å²) in [4.78, 5) is 2.44. The molecule has 0 aliphatic carbocycles. The molecule has 1 aromatic rings. The van der Waals surface area contributed by atoms with Crippen LogP contribution in [0.2, 0.25) is 0 Å². The van der Waals surface area contributed by atoms with Gasteiger partial charge in [-0.25, -0.2) is 0 Å². The maximum absolute atomic E-state index is 9.71. The number of nitrogens with zero attached hydrogens (tertiary/aromatic N) is 1. The second-order valence-corrected chi connectivity index (χ2v) is 5.39. The highest BCUT2D eigenvalue weighted by Crippen LogP contribution is 2.30. The first-order valence-corrected chi connectivity index (χ1v) is 7.07. The SMILES string of the molecule is CCOc1cc(CN2CC3CCC(C2)O3)ccc1O. The standard InChI is InChI=1S/C15H21NO3/c1-2-18-15-7-11(3-6-14(15)17)8-16-9-12-4-5-13(10-16)19-12/h3,6-7,12-13,17H,2,4-5,8-10H2,1H3. The van der Waals surface area contributed by atoms with E-state index in [-0.39, 0.29) is 5.75 Å². The van der Waals surface area contributed by atoms with E-state index in [9.17, 15) is 5.11 Å². The van der Waals surface area contributed by atoms with E-state index in [0.29, 0.717) is 24.6 Å². The second-order valence-electron chi connectivity index (χ2n) is 5.39. The minimum absolute atomic E-state index is 0.215. The molecule has 19 heavy (non-hydrogen) atoms. The van der Waals surface area contributed by atoms with Crippen LogP contribution in [0.25, 0.3) is 0 Å². The summed E-state index contributed by atoms with van der Waals surface area (Å²) in [6, 6.07) is 5.63. The zero-order valence-electron chi connectivity index (χ0n) is 11.3. The number of rotatable bonds is 4. The van der Waals surface area contributed by atoms with E-state index in [0.717, 1.165) is 19.6 Å². The van der Waals surface area contributed by atoms with Crippen molar-refractivity contribution in [2.45, 2.75) is 38.5 Å². The Bertz CT molecular complexity index is 437. The normalized spacial score (nSPS) is 26.6. The van der Waals surface area contributed by atoms with E-state index in [1.54, 1.807) is 6.07 Å². The third-order valence-electron chi connectivity index (χ3n) is 3.85. The summed E-state index contributed by atoms with van der Waals surface area (Å²) in [7, 11) is 0. The Morgan fingerprint density at radius 1 is 1.32 bits per heavy atom. The monoisotopic (exact) mass is 263 g/mol. The van der Waals surface area contributed by atoms with Crippen LogP contribution in [0, 0.1) is 0 Å². The summed E-state index contributed by atoms with van der Waals surface area (Å²) in [5, 5.41) is 9.71. The summed E-state index contributed by atoms with van der Waals surface area (Å²) in [5.41, 5.74) is 1.18. The van der Waals surface area contributed by atoms with E-state index in [1.165, 1.54) is 18.4 Å². The van der Waals surface area contributed by atoms with E-state index in [4.69, 9.17) is 9.47 Å². The topological polar surface area (TPSA) is 41.9 Å². The van der Waals surface area contributed by atoms with Gasteiger partial charge >= 0.3 is 0 Å². The lowest BCUT2D eigenvalue weighted by atomic mass is 10.1. The van der Waals surface area contributed by atoms with Gasteiger partial charge in [0.1, 0.15) is 0 Å². The summed E-state index contributed by atoms with van der Waals surface area (Å²) in [6.45, 7) is 5.42. The van der Waals surface area contributed by atoms with Gasteiger partial charge in [0.15, 0.2) is 11.5 Å². The largest absolute Gasteiger partial charge is 0.504 e. The first-order chi connectivity index (χ1) is 9.24. The number of likely N-dealkylation sites (tertiary alicyclic amines) is 1. The maximum Gasteiger partial charge on any atom is 0.161 e. The van der Waals surface area contributed by atoms with Crippen LogP contribution in [0.1, 0.15) is 25.3 Å². The molecule has 4 heteroatoms. The lowest BCUT2D eigenvalue weighted by Gasteiger charge is -2.32. The molecule has 2 fully saturated rings. The van der Waals surface area contributed by atoms with Crippen LogP contribution in [0.5, 0.6) is 11.5 Å². The molecule has 0 radical (unpaired) electrons. The first kappa shape index (κ1) is 12.8. The third kappa shape index (κ3) is 2.85. The van der Waals surface area contributed by atoms with Gasteiger partial charge in [-0.05, 0) is 37.5 Å². The lowest BCUT2D eigenvalue weighted by molar-refractivity contribution is -0.0410. The number of hydrogen-bond donors (Lipinski definition) is 1. The van der Waals surface area contributed by atoms with Crippen molar-refractivity contribution < 1.29 is 14.6 Å². The Morgan fingerprint density at radius 2 is 2.05 bits per heavy atom. The highest BCUT2D eigenvalue weighted by atomic mass is 16.5. The molecule has 2 bridgehead atoms. The molecular weight excluding hydrogens is 242 g/mol. The fraction of sp³-hybridized carbons (Fsp3) is 0.600. The number of ether oxygens (including phenoxy) is 2. The van der Waals surface area contributed by atoms with E-state index in [1.807, 2.05) is 19.1 Å². The number of hydrogen-bond acceptors (Lipinski definition) is 4. The summed E-state index contributed by atoms with van der Waals surface area (Å²) >= 11 is 0. The van der Waals surface area contributed by atoms with Gasteiger partial charge in [-0.2, -0.15) is 0 Å². The van der Waals surface area contributed by atoms with Crippen LogP contribution in [0.4, 0.5) is 0 Å². The second kappa shape index (κ2) is 5.39. The Kier molecular flexibility index (Phi) is 3.62. The number of benzene rings is 1. The molecule has 2 unspecified atom stereocenters. The van der Waals surface area contributed by atoms with Gasteiger partial charge in [-0.15, -0.1) is 0 Å². The van der Waals surface area contributed by atoms with E-state index < -0.39 is 0 Å². The molecule has 2 aliphatic rings.